The summed E-state index contributed by atoms with van der Waals surface area (Å²) in [7, 11) is 1.66. The molecule has 0 aliphatic carbocycles. The molecule has 120 valence electrons. The van der Waals surface area contributed by atoms with Crippen LogP contribution in [0.3, 0.4) is 0 Å². The minimum atomic E-state index is -0.386. The number of esters is 1. The number of carbonyl (C=O) groups is 1. The number of benzene rings is 1. The Morgan fingerprint density at radius 2 is 2.22 bits per heavy atom. The number of anilines is 2. The SMILES string of the molecule is CCOC(=O)c1cnc(N2CCc3cc(OC)ccc32)nc1C. The summed E-state index contributed by atoms with van der Waals surface area (Å²) in [6.07, 6.45) is 2.45. The van der Waals surface area contributed by atoms with Gasteiger partial charge in [-0.2, -0.15) is 0 Å². The maximum Gasteiger partial charge on any atom is 0.341 e. The van der Waals surface area contributed by atoms with E-state index in [1.807, 2.05) is 18.2 Å². The van der Waals surface area contributed by atoms with Crippen molar-refractivity contribution in [2.24, 2.45) is 0 Å². The van der Waals surface area contributed by atoms with Crippen LogP contribution >= 0.6 is 0 Å². The van der Waals surface area contributed by atoms with Crippen LogP contribution in [0.1, 0.15) is 28.5 Å². The van der Waals surface area contributed by atoms with Crippen LogP contribution in [-0.4, -0.2) is 36.2 Å². The number of aromatic nitrogens is 2. The number of fused-ring (bicyclic) bond motifs is 1. The van der Waals surface area contributed by atoms with Crippen molar-refractivity contribution in [3.63, 3.8) is 0 Å². The van der Waals surface area contributed by atoms with Gasteiger partial charge in [-0.25, -0.2) is 14.8 Å². The minimum absolute atomic E-state index is 0.335. The molecule has 0 bridgehead atoms. The van der Waals surface area contributed by atoms with E-state index in [2.05, 4.69) is 14.9 Å². The first kappa shape index (κ1) is 15.3. The Balaban J connectivity index is 1.90. The number of nitrogens with zero attached hydrogens (tertiary/aromatic N) is 3. The van der Waals surface area contributed by atoms with E-state index >= 15 is 0 Å². The molecule has 1 aliphatic heterocycles. The van der Waals surface area contributed by atoms with Gasteiger partial charge in [-0.15, -0.1) is 0 Å². The van der Waals surface area contributed by atoms with Crippen LogP contribution in [0.4, 0.5) is 11.6 Å². The molecule has 0 saturated carbocycles. The predicted octanol–water partition coefficient (Wildman–Crippen LogP) is 2.66. The molecule has 1 aromatic carbocycles. The Morgan fingerprint density at radius 3 is 2.91 bits per heavy atom. The maximum atomic E-state index is 11.8. The highest BCUT2D eigenvalue weighted by molar-refractivity contribution is 5.90. The van der Waals surface area contributed by atoms with E-state index in [1.165, 1.54) is 11.8 Å². The van der Waals surface area contributed by atoms with Gasteiger partial charge in [0.15, 0.2) is 0 Å². The van der Waals surface area contributed by atoms with E-state index in [0.717, 1.165) is 24.4 Å². The standard InChI is InChI=1S/C17H19N3O3/c1-4-23-16(21)14-10-18-17(19-11(14)2)20-8-7-12-9-13(22-3)5-6-15(12)20/h5-6,9-10H,4,7-8H2,1-3H3. The molecule has 0 saturated heterocycles. The van der Waals surface area contributed by atoms with Crippen LogP contribution in [0.2, 0.25) is 0 Å². The van der Waals surface area contributed by atoms with E-state index in [1.54, 1.807) is 21.0 Å². The van der Waals surface area contributed by atoms with Gasteiger partial charge in [-0.05, 0) is 44.0 Å². The Labute approximate surface area is 135 Å². The van der Waals surface area contributed by atoms with Crippen LogP contribution in [0.5, 0.6) is 5.75 Å². The number of aryl methyl sites for hydroxylation is 1. The zero-order chi connectivity index (χ0) is 16.4. The number of hydrogen-bond acceptors (Lipinski definition) is 6. The second kappa shape index (κ2) is 6.24. The molecule has 0 N–H and O–H groups in total. The first-order valence-electron chi connectivity index (χ1n) is 7.59. The topological polar surface area (TPSA) is 64.5 Å². The van der Waals surface area contributed by atoms with Crippen LogP contribution in [0.25, 0.3) is 0 Å². The van der Waals surface area contributed by atoms with Crippen molar-refractivity contribution in [1.82, 2.24) is 9.97 Å². The number of carbonyl (C=O) groups excluding carboxylic acids is 1. The fourth-order valence-corrected chi connectivity index (χ4v) is 2.71. The molecule has 0 spiro atoms. The molecule has 2 aromatic rings. The van der Waals surface area contributed by atoms with Crippen molar-refractivity contribution in [1.29, 1.82) is 0 Å². The molecular weight excluding hydrogens is 294 g/mol. The largest absolute Gasteiger partial charge is 0.497 e. The first-order chi connectivity index (χ1) is 11.1. The summed E-state index contributed by atoms with van der Waals surface area (Å²) in [5.74, 6) is 1.06. The fourth-order valence-electron chi connectivity index (χ4n) is 2.71. The van der Waals surface area contributed by atoms with E-state index < -0.39 is 0 Å². The lowest BCUT2D eigenvalue weighted by Gasteiger charge is -2.18. The summed E-state index contributed by atoms with van der Waals surface area (Å²) >= 11 is 0. The smallest absolute Gasteiger partial charge is 0.341 e. The van der Waals surface area contributed by atoms with E-state index in [0.29, 0.717) is 23.8 Å². The van der Waals surface area contributed by atoms with Gasteiger partial charge in [-0.1, -0.05) is 0 Å². The molecule has 0 atom stereocenters. The van der Waals surface area contributed by atoms with Gasteiger partial charge >= 0.3 is 5.97 Å². The van der Waals surface area contributed by atoms with Crippen molar-refractivity contribution in [3.05, 3.63) is 41.2 Å². The molecular formula is C17H19N3O3. The average molecular weight is 313 g/mol. The molecule has 0 fully saturated rings. The Bertz CT molecular complexity index is 746. The molecule has 6 nitrogen and oxygen atoms in total. The summed E-state index contributed by atoms with van der Waals surface area (Å²) in [5.41, 5.74) is 3.31. The Kier molecular flexibility index (Phi) is 4.14. The lowest BCUT2D eigenvalue weighted by atomic mass is 10.1. The Hall–Kier alpha value is -2.63. The molecule has 3 rings (SSSR count). The van der Waals surface area contributed by atoms with Crippen LogP contribution in [0, 0.1) is 6.92 Å². The predicted molar refractivity (Wildman–Crippen MR) is 86.4 cm³/mol. The second-order valence-corrected chi connectivity index (χ2v) is 5.29. The van der Waals surface area contributed by atoms with Gasteiger partial charge in [0, 0.05) is 18.4 Å². The van der Waals surface area contributed by atoms with Crippen molar-refractivity contribution < 1.29 is 14.3 Å². The van der Waals surface area contributed by atoms with Crippen LogP contribution in [0.15, 0.2) is 24.4 Å². The van der Waals surface area contributed by atoms with E-state index in [9.17, 15) is 4.79 Å². The second-order valence-electron chi connectivity index (χ2n) is 5.29. The van der Waals surface area contributed by atoms with Gasteiger partial charge in [0.05, 0.1) is 25.0 Å². The zero-order valence-corrected chi connectivity index (χ0v) is 13.5. The summed E-state index contributed by atoms with van der Waals surface area (Å²) in [4.78, 5) is 22.7. The minimum Gasteiger partial charge on any atom is -0.497 e. The average Bonchev–Trinajstić information content (AvgIpc) is 2.97. The van der Waals surface area contributed by atoms with Gasteiger partial charge in [0.2, 0.25) is 5.95 Å². The highest BCUT2D eigenvalue weighted by Crippen LogP contribution is 2.35. The summed E-state index contributed by atoms with van der Waals surface area (Å²) in [6.45, 7) is 4.71. The normalized spacial score (nSPS) is 12.9. The van der Waals surface area contributed by atoms with E-state index in [-0.39, 0.29) is 5.97 Å². The van der Waals surface area contributed by atoms with Crippen molar-refractivity contribution in [2.75, 3.05) is 25.2 Å². The maximum absolute atomic E-state index is 11.8. The monoisotopic (exact) mass is 313 g/mol. The third-order valence-electron chi connectivity index (χ3n) is 3.89. The third-order valence-corrected chi connectivity index (χ3v) is 3.89. The molecule has 1 aliphatic rings. The number of rotatable bonds is 4. The molecule has 1 aromatic heterocycles. The summed E-state index contributed by atoms with van der Waals surface area (Å²) in [6, 6.07) is 5.98. The van der Waals surface area contributed by atoms with Crippen LogP contribution < -0.4 is 9.64 Å². The van der Waals surface area contributed by atoms with Gasteiger partial charge in [0.25, 0.3) is 0 Å². The van der Waals surface area contributed by atoms with Crippen molar-refractivity contribution in [2.45, 2.75) is 20.3 Å². The highest BCUT2D eigenvalue weighted by atomic mass is 16.5. The summed E-state index contributed by atoms with van der Waals surface area (Å²) in [5, 5.41) is 0. The number of hydrogen-bond donors (Lipinski definition) is 0. The Morgan fingerprint density at radius 1 is 1.39 bits per heavy atom. The molecule has 0 unspecified atom stereocenters. The highest BCUT2D eigenvalue weighted by Gasteiger charge is 2.24. The third kappa shape index (κ3) is 2.84. The van der Waals surface area contributed by atoms with Crippen molar-refractivity contribution in [3.8, 4) is 5.75 Å². The number of methoxy groups -OCH3 is 1. The first-order valence-corrected chi connectivity index (χ1v) is 7.59. The van der Waals surface area contributed by atoms with Crippen molar-refractivity contribution >= 4 is 17.6 Å². The van der Waals surface area contributed by atoms with Crippen LogP contribution in [-0.2, 0) is 11.2 Å². The zero-order valence-electron chi connectivity index (χ0n) is 13.5. The number of ether oxygens (including phenoxy) is 2. The van der Waals surface area contributed by atoms with Gasteiger partial charge in [0.1, 0.15) is 5.75 Å². The lowest BCUT2D eigenvalue weighted by molar-refractivity contribution is 0.0524. The molecule has 0 amide bonds. The molecule has 23 heavy (non-hydrogen) atoms. The lowest BCUT2D eigenvalue weighted by Crippen LogP contribution is -2.18. The molecule has 6 heteroatoms. The van der Waals surface area contributed by atoms with Gasteiger partial charge < -0.3 is 14.4 Å². The molecule has 2 heterocycles. The fraction of sp³-hybridized carbons (Fsp3) is 0.353. The molecule has 0 radical (unpaired) electrons. The quantitative estimate of drug-likeness (QED) is 0.809. The van der Waals surface area contributed by atoms with E-state index in [4.69, 9.17) is 9.47 Å². The summed E-state index contributed by atoms with van der Waals surface area (Å²) < 4.78 is 10.3. The van der Waals surface area contributed by atoms with Gasteiger partial charge in [-0.3, -0.25) is 0 Å².